The smallest absolute Gasteiger partial charge is 0.0756 e. The molecular weight excluding hydrogens is 212 g/mol. The van der Waals surface area contributed by atoms with Crippen molar-refractivity contribution in [2.45, 2.75) is 70.1 Å². The molecule has 4 atom stereocenters. The van der Waals surface area contributed by atoms with Gasteiger partial charge in [-0.1, -0.05) is 12.8 Å². The first-order chi connectivity index (χ1) is 8.03. The molecular formula is C14H28N2O. The van der Waals surface area contributed by atoms with Gasteiger partial charge in [0.25, 0.3) is 0 Å². The molecule has 2 rings (SSSR count). The third-order valence-electron chi connectivity index (χ3n) is 4.79. The molecule has 0 aromatic heterocycles. The first kappa shape index (κ1) is 13.3. The molecule has 0 bridgehead atoms. The molecule has 0 aromatic carbocycles. The Morgan fingerprint density at radius 3 is 2.76 bits per heavy atom. The van der Waals surface area contributed by atoms with Crippen LogP contribution in [0.2, 0.25) is 0 Å². The summed E-state index contributed by atoms with van der Waals surface area (Å²) in [5.41, 5.74) is 4.91. The summed E-state index contributed by atoms with van der Waals surface area (Å²) in [5.74, 6) is 0.925. The summed E-state index contributed by atoms with van der Waals surface area (Å²) in [6.45, 7) is 5.69. The lowest BCUT2D eigenvalue weighted by Crippen LogP contribution is -2.46. The van der Waals surface area contributed by atoms with E-state index in [1.165, 1.54) is 38.6 Å². The highest BCUT2D eigenvalue weighted by atomic mass is 16.3. The second kappa shape index (κ2) is 5.25. The zero-order chi connectivity index (χ0) is 12.5. The Morgan fingerprint density at radius 1 is 1.35 bits per heavy atom. The van der Waals surface area contributed by atoms with Crippen LogP contribution in [-0.4, -0.2) is 40.8 Å². The van der Waals surface area contributed by atoms with Crippen LogP contribution in [0, 0.1) is 5.92 Å². The van der Waals surface area contributed by atoms with Crippen LogP contribution in [-0.2, 0) is 0 Å². The summed E-state index contributed by atoms with van der Waals surface area (Å²) in [6, 6.07) is 1.24. The lowest BCUT2D eigenvalue weighted by atomic mass is 9.84. The van der Waals surface area contributed by atoms with Crippen LogP contribution in [0.3, 0.4) is 0 Å². The minimum Gasteiger partial charge on any atom is -0.389 e. The highest BCUT2D eigenvalue weighted by Gasteiger charge is 2.39. The Labute approximate surface area is 105 Å². The fourth-order valence-electron chi connectivity index (χ4n) is 3.83. The molecule has 3 nitrogen and oxygen atoms in total. The van der Waals surface area contributed by atoms with Crippen LogP contribution in [0.5, 0.6) is 0 Å². The van der Waals surface area contributed by atoms with Gasteiger partial charge in [0.05, 0.1) is 5.60 Å². The van der Waals surface area contributed by atoms with E-state index < -0.39 is 5.60 Å². The number of aliphatic hydroxyl groups is 1. The van der Waals surface area contributed by atoms with Gasteiger partial charge in [0.1, 0.15) is 0 Å². The van der Waals surface area contributed by atoms with Crippen LogP contribution in [0.1, 0.15) is 52.4 Å². The molecule has 1 aliphatic carbocycles. The minimum absolute atomic E-state index is 0.360. The maximum Gasteiger partial charge on any atom is 0.0756 e. The SMILES string of the molecule is CC(CC(C)(O)CN)N1CCC2CCCCC21. The van der Waals surface area contributed by atoms with Crippen LogP contribution in [0.25, 0.3) is 0 Å². The first-order valence-electron chi connectivity index (χ1n) is 7.22. The zero-order valence-electron chi connectivity index (χ0n) is 11.4. The number of likely N-dealkylation sites (tertiary alicyclic amines) is 1. The lowest BCUT2D eigenvalue weighted by molar-refractivity contribution is 0.0208. The van der Waals surface area contributed by atoms with E-state index in [2.05, 4.69) is 11.8 Å². The van der Waals surface area contributed by atoms with E-state index in [9.17, 15) is 5.11 Å². The highest BCUT2D eigenvalue weighted by Crippen LogP contribution is 2.38. The Kier molecular flexibility index (Phi) is 4.11. The van der Waals surface area contributed by atoms with Crippen molar-refractivity contribution in [3.63, 3.8) is 0 Å². The van der Waals surface area contributed by atoms with Gasteiger partial charge in [-0.2, -0.15) is 0 Å². The molecule has 1 saturated carbocycles. The molecule has 0 aromatic rings. The Hall–Kier alpha value is -0.120. The Balaban J connectivity index is 1.93. The summed E-state index contributed by atoms with van der Waals surface area (Å²) in [5, 5.41) is 10.1. The second-order valence-electron chi connectivity index (χ2n) is 6.39. The van der Waals surface area contributed by atoms with Gasteiger partial charge < -0.3 is 10.8 Å². The maximum atomic E-state index is 10.1. The number of hydrogen-bond donors (Lipinski definition) is 2. The van der Waals surface area contributed by atoms with Crippen LogP contribution >= 0.6 is 0 Å². The van der Waals surface area contributed by atoms with Gasteiger partial charge in [-0.15, -0.1) is 0 Å². The maximum absolute atomic E-state index is 10.1. The lowest BCUT2D eigenvalue weighted by Gasteiger charge is -2.38. The standard InChI is InChI=1S/C14H28N2O/c1-11(9-14(2,17)10-15)16-8-7-12-5-3-4-6-13(12)16/h11-13,17H,3-10,15H2,1-2H3. The van der Waals surface area contributed by atoms with Crippen molar-refractivity contribution in [3.05, 3.63) is 0 Å². The molecule has 3 heteroatoms. The van der Waals surface area contributed by atoms with Crippen molar-refractivity contribution >= 4 is 0 Å². The molecule has 3 N–H and O–H groups in total. The number of nitrogens with zero attached hydrogens (tertiary/aromatic N) is 1. The van der Waals surface area contributed by atoms with E-state index in [1.54, 1.807) is 0 Å². The van der Waals surface area contributed by atoms with Crippen molar-refractivity contribution < 1.29 is 5.11 Å². The molecule has 0 amide bonds. The van der Waals surface area contributed by atoms with Gasteiger partial charge in [-0.05, 0) is 52.0 Å². The molecule has 4 unspecified atom stereocenters. The summed E-state index contributed by atoms with van der Waals surface area (Å²) < 4.78 is 0. The third kappa shape index (κ3) is 3.01. The highest BCUT2D eigenvalue weighted by molar-refractivity contribution is 4.93. The average Bonchev–Trinajstić information content (AvgIpc) is 2.72. The van der Waals surface area contributed by atoms with Crippen molar-refractivity contribution in [1.82, 2.24) is 4.90 Å². The molecule has 1 heterocycles. The number of hydrogen-bond acceptors (Lipinski definition) is 3. The summed E-state index contributed by atoms with van der Waals surface area (Å²) in [6.07, 6.45) is 7.75. The van der Waals surface area contributed by atoms with Gasteiger partial charge >= 0.3 is 0 Å². The van der Waals surface area contributed by atoms with Crippen molar-refractivity contribution in [3.8, 4) is 0 Å². The average molecular weight is 240 g/mol. The number of rotatable bonds is 4. The largest absolute Gasteiger partial charge is 0.389 e. The normalized spacial score (nSPS) is 35.3. The minimum atomic E-state index is -0.702. The van der Waals surface area contributed by atoms with E-state index in [0.29, 0.717) is 12.6 Å². The second-order valence-corrected chi connectivity index (χ2v) is 6.39. The summed E-state index contributed by atoms with van der Waals surface area (Å²) >= 11 is 0. The molecule has 0 spiro atoms. The van der Waals surface area contributed by atoms with E-state index in [4.69, 9.17) is 5.73 Å². The fourth-order valence-corrected chi connectivity index (χ4v) is 3.83. The quantitative estimate of drug-likeness (QED) is 0.787. The Bertz CT molecular complexity index is 255. The summed E-state index contributed by atoms with van der Waals surface area (Å²) in [4.78, 5) is 2.63. The molecule has 2 fully saturated rings. The predicted molar refractivity (Wildman–Crippen MR) is 70.8 cm³/mol. The van der Waals surface area contributed by atoms with Gasteiger partial charge in [-0.25, -0.2) is 0 Å². The van der Waals surface area contributed by atoms with E-state index in [0.717, 1.165) is 18.4 Å². The first-order valence-corrected chi connectivity index (χ1v) is 7.22. The zero-order valence-corrected chi connectivity index (χ0v) is 11.4. The van der Waals surface area contributed by atoms with Crippen LogP contribution < -0.4 is 5.73 Å². The number of fused-ring (bicyclic) bond motifs is 1. The number of nitrogens with two attached hydrogens (primary N) is 1. The van der Waals surface area contributed by atoms with Crippen LogP contribution in [0.15, 0.2) is 0 Å². The third-order valence-corrected chi connectivity index (χ3v) is 4.79. The van der Waals surface area contributed by atoms with Gasteiger partial charge in [0, 0.05) is 18.6 Å². The molecule has 2 aliphatic rings. The van der Waals surface area contributed by atoms with Crippen molar-refractivity contribution in [2.24, 2.45) is 11.7 Å². The van der Waals surface area contributed by atoms with Gasteiger partial charge in [0.2, 0.25) is 0 Å². The predicted octanol–water partition coefficient (Wildman–Crippen LogP) is 1.74. The molecule has 0 radical (unpaired) electrons. The Morgan fingerprint density at radius 2 is 2.06 bits per heavy atom. The summed E-state index contributed by atoms with van der Waals surface area (Å²) in [7, 11) is 0. The molecule has 17 heavy (non-hydrogen) atoms. The fraction of sp³-hybridized carbons (Fsp3) is 1.00. The van der Waals surface area contributed by atoms with Crippen molar-refractivity contribution in [2.75, 3.05) is 13.1 Å². The molecule has 1 aliphatic heterocycles. The van der Waals surface area contributed by atoms with Crippen LogP contribution in [0.4, 0.5) is 0 Å². The van der Waals surface area contributed by atoms with E-state index in [1.807, 2.05) is 6.92 Å². The monoisotopic (exact) mass is 240 g/mol. The molecule has 100 valence electrons. The topological polar surface area (TPSA) is 49.5 Å². The molecule has 1 saturated heterocycles. The van der Waals surface area contributed by atoms with Gasteiger partial charge in [0.15, 0.2) is 0 Å². The van der Waals surface area contributed by atoms with E-state index in [-0.39, 0.29) is 0 Å². The van der Waals surface area contributed by atoms with Crippen molar-refractivity contribution in [1.29, 1.82) is 0 Å². The van der Waals surface area contributed by atoms with E-state index >= 15 is 0 Å². The van der Waals surface area contributed by atoms with Gasteiger partial charge in [-0.3, -0.25) is 4.90 Å².